The van der Waals surface area contributed by atoms with Crippen LogP contribution >= 0.6 is 0 Å². The maximum Gasteiger partial charge on any atom is 0.332 e. The Bertz CT molecular complexity index is 514. The summed E-state index contributed by atoms with van der Waals surface area (Å²) in [5, 5.41) is 20.9. The van der Waals surface area contributed by atoms with Gasteiger partial charge in [-0.15, -0.1) is 0 Å². The zero-order chi connectivity index (χ0) is 14.0. The molecule has 0 radical (unpaired) electrons. The number of nitrogens with one attached hydrogen (secondary N) is 1. The Morgan fingerprint density at radius 2 is 2.00 bits per heavy atom. The Kier molecular flexibility index (Phi) is 3.71. The second kappa shape index (κ2) is 5.27. The molecule has 6 nitrogen and oxygen atoms in total. The lowest BCUT2D eigenvalue weighted by Crippen LogP contribution is -2.29. The number of carboxylic acids is 1. The fraction of sp³-hybridized carbons (Fsp3) is 0.385. The van der Waals surface area contributed by atoms with E-state index in [0.29, 0.717) is 24.1 Å². The van der Waals surface area contributed by atoms with E-state index in [2.05, 4.69) is 5.32 Å². The highest BCUT2D eigenvalue weighted by molar-refractivity contribution is 5.95. The average molecular weight is 265 g/mol. The van der Waals surface area contributed by atoms with Gasteiger partial charge in [0.25, 0.3) is 5.91 Å². The third-order valence-corrected chi connectivity index (χ3v) is 3.06. The number of phenolic OH excluding ortho intramolecular Hbond substituents is 1. The topological polar surface area (TPSA) is 95.9 Å². The molecule has 6 heteroatoms. The molecule has 1 aliphatic heterocycles. The van der Waals surface area contributed by atoms with Crippen molar-refractivity contribution in [1.82, 2.24) is 0 Å². The first-order chi connectivity index (χ1) is 8.97. The summed E-state index contributed by atoms with van der Waals surface area (Å²) in [5.41, 5.74) is 1.16. The van der Waals surface area contributed by atoms with Gasteiger partial charge in [-0.2, -0.15) is 0 Å². The Morgan fingerprint density at radius 3 is 2.58 bits per heavy atom. The fourth-order valence-corrected chi connectivity index (χ4v) is 1.92. The summed E-state index contributed by atoms with van der Waals surface area (Å²) in [6, 6.07) is 4.79. The van der Waals surface area contributed by atoms with Gasteiger partial charge in [0.2, 0.25) is 0 Å². The SMILES string of the molecule is Cc1ccc(NC(=O)[C@@H]2CC[C@H](C(=O)O)O2)cc1O. The van der Waals surface area contributed by atoms with Crippen LogP contribution in [-0.2, 0) is 14.3 Å². The summed E-state index contributed by atoms with van der Waals surface area (Å²) in [6.45, 7) is 1.75. The number of amides is 1. The fourth-order valence-electron chi connectivity index (χ4n) is 1.92. The normalized spacial score (nSPS) is 22.2. The van der Waals surface area contributed by atoms with Crippen molar-refractivity contribution >= 4 is 17.6 Å². The van der Waals surface area contributed by atoms with Gasteiger partial charge in [-0.1, -0.05) is 6.07 Å². The number of anilines is 1. The Labute approximate surface area is 110 Å². The van der Waals surface area contributed by atoms with Crippen molar-refractivity contribution < 1.29 is 24.5 Å². The molecule has 102 valence electrons. The van der Waals surface area contributed by atoms with Gasteiger partial charge in [-0.25, -0.2) is 4.79 Å². The van der Waals surface area contributed by atoms with Crippen LogP contribution in [0.25, 0.3) is 0 Å². The van der Waals surface area contributed by atoms with E-state index in [1.165, 1.54) is 6.07 Å². The first-order valence-electron chi connectivity index (χ1n) is 5.96. The summed E-state index contributed by atoms with van der Waals surface area (Å²) in [6.07, 6.45) is -0.973. The highest BCUT2D eigenvalue weighted by Gasteiger charge is 2.34. The number of phenols is 1. The molecule has 1 fully saturated rings. The smallest absolute Gasteiger partial charge is 0.332 e. The van der Waals surface area contributed by atoms with E-state index >= 15 is 0 Å². The van der Waals surface area contributed by atoms with Crippen molar-refractivity contribution in [3.8, 4) is 5.75 Å². The molecule has 0 unspecified atom stereocenters. The van der Waals surface area contributed by atoms with Crippen molar-refractivity contribution in [3.05, 3.63) is 23.8 Å². The lowest BCUT2D eigenvalue weighted by atomic mass is 10.1. The third-order valence-electron chi connectivity index (χ3n) is 3.06. The monoisotopic (exact) mass is 265 g/mol. The summed E-state index contributed by atoms with van der Waals surface area (Å²) in [7, 11) is 0. The van der Waals surface area contributed by atoms with Gasteiger partial charge < -0.3 is 20.3 Å². The van der Waals surface area contributed by atoms with Crippen molar-refractivity contribution in [1.29, 1.82) is 0 Å². The number of carbonyl (C=O) groups is 2. The molecule has 1 aliphatic rings. The van der Waals surface area contributed by atoms with Crippen LogP contribution in [0.5, 0.6) is 5.75 Å². The Hall–Kier alpha value is -2.08. The van der Waals surface area contributed by atoms with Gasteiger partial charge >= 0.3 is 5.97 Å². The summed E-state index contributed by atoms with van der Waals surface area (Å²) < 4.78 is 5.14. The molecule has 0 bridgehead atoms. The van der Waals surface area contributed by atoms with Crippen LogP contribution in [0.3, 0.4) is 0 Å². The zero-order valence-electron chi connectivity index (χ0n) is 10.4. The van der Waals surface area contributed by atoms with Crippen LogP contribution in [0.1, 0.15) is 18.4 Å². The van der Waals surface area contributed by atoms with E-state index in [-0.39, 0.29) is 5.75 Å². The summed E-state index contributed by atoms with van der Waals surface area (Å²) in [4.78, 5) is 22.6. The molecule has 19 heavy (non-hydrogen) atoms. The van der Waals surface area contributed by atoms with Crippen molar-refractivity contribution in [2.24, 2.45) is 0 Å². The first kappa shape index (κ1) is 13.4. The molecule has 3 N–H and O–H groups in total. The molecule has 0 saturated carbocycles. The third kappa shape index (κ3) is 3.03. The molecular weight excluding hydrogens is 250 g/mol. The number of ether oxygens (including phenoxy) is 1. The second-order valence-electron chi connectivity index (χ2n) is 4.52. The van der Waals surface area contributed by atoms with Gasteiger partial charge in [0.15, 0.2) is 6.10 Å². The molecule has 0 aliphatic carbocycles. The number of rotatable bonds is 3. The summed E-state index contributed by atoms with van der Waals surface area (Å²) in [5.74, 6) is -1.36. The van der Waals surface area contributed by atoms with E-state index in [1.54, 1.807) is 19.1 Å². The minimum atomic E-state index is -1.05. The zero-order valence-corrected chi connectivity index (χ0v) is 10.4. The number of aryl methyl sites for hydroxylation is 1. The lowest BCUT2D eigenvalue weighted by Gasteiger charge is -2.12. The van der Waals surface area contributed by atoms with Crippen LogP contribution in [0.4, 0.5) is 5.69 Å². The standard InChI is InChI=1S/C13H15NO5/c1-7-2-3-8(6-9(7)15)14-12(16)10-4-5-11(19-10)13(17)18/h2-3,6,10-11,15H,4-5H2,1H3,(H,14,16)(H,17,18)/t10-,11+/m0/s1. The van der Waals surface area contributed by atoms with E-state index < -0.39 is 24.1 Å². The van der Waals surface area contributed by atoms with Crippen LogP contribution in [0, 0.1) is 6.92 Å². The van der Waals surface area contributed by atoms with Crippen LogP contribution in [0.2, 0.25) is 0 Å². The number of carbonyl (C=O) groups excluding carboxylic acids is 1. The molecule has 0 spiro atoms. The minimum Gasteiger partial charge on any atom is -0.508 e. The largest absolute Gasteiger partial charge is 0.508 e. The van der Waals surface area contributed by atoms with Crippen molar-refractivity contribution in [2.45, 2.75) is 32.0 Å². The summed E-state index contributed by atoms with van der Waals surface area (Å²) >= 11 is 0. The maximum atomic E-state index is 11.9. The van der Waals surface area contributed by atoms with Gasteiger partial charge in [-0.05, 0) is 31.4 Å². The highest BCUT2D eigenvalue weighted by atomic mass is 16.5. The molecular formula is C13H15NO5. The van der Waals surface area contributed by atoms with E-state index in [4.69, 9.17) is 9.84 Å². The highest BCUT2D eigenvalue weighted by Crippen LogP contribution is 2.24. The quantitative estimate of drug-likeness (QED) is 0.765. The maximum absolute atomic E-state index is 11.9. The number of benzene rings is 1. The number of carboxylic acid groups (broad SMARTS) is 1. The molecule has 1 heterocycles. The lowest BCUT2D eigenvalue weighted by molar-refractivity contribution is -0.150. The van der Waals surface area contributed by atoms with Gasteiger partial charge in [0.1, 0.15) is 11.9 Å². The number of hydrogen-bond donors (Lipinski definition) is 3. The van der Waals surface area contributed by atoms with Gasteiger partial charge in [0, 0.05) is 11.8 Å². The predicted molar refractivity (Wildman–Crippen MR) is 67.0 cm³/mol. The molecule has 1 amide bonds. The Morgan fingerprint density at radius 1 is 1.32 bits per heavy atom. The Balaban J connectivity index is 1.98. The van der Waals surface area contributed by atoms with Crippen LogP contribution < -0.4 is 5.32 Å². The van der Waals surface area contributed by atoms with Crippen molar-refractivity contribution in [2.75, 3.05) is 5.32 Å². The molecule has 1 aromatic carbocycles. The molecule has 1 saturated heterocycles. The van der Waals surface area contributed by atoms with Crippen LogP contribution in [0.15, 0.2) is 18.2 Å². The number of aromatic hydroxyl groups is 1. The number of hydrogen-bond acceptors (Lipinski definition) is 4. The number of aliphatic carboxylic acids is 1. The molecule has 2 rings (SSSR count). The molecule has 0 aromatic heterocycles. The second-order valence-corrected chi connectivity index (χ2v) is 4.52. The van der Waals surface area contributed by atoms with Gasteiger partial charge in [-0.3, -0.25) is 4.79 Å². The van der Waals surface area contributed by atoms with Crippen LogP contribution in [-0.4, -0.2) is 34.3 Å². The van der Waals surface area contributed by atoms with Crippen molar-refractivity contribution in [3.63, 3.8) is 0 Å². The minimum absolute atomic E-state index is 0.0913. The van der Waals surface area contributed by atoms with Gasteiger partial charge in [0.05, 0.1) is 0 Å². The molecule has 2 atom stereocenters. The van der Waals surface area contributed by atoms with E-state index in [9.17, 15) is 14.7 Å². The first-order valence-corrected chi connectivity index (χ1v) is 5.96. The molecule has 1 aromatic rings. The van der Waals surface area contributed by atoms with E-state index in [0.717, 1.165) is 0 Å². The van der Waals surface area contributed by atoms with E-state index in [1.807, 2.05) is 0 Å². The predicted octanol–water partition coefficient (Wildman–Crippen LogP) is 1.27. The average Bonchev–Trinajstić information content (AvgIpc) is 2.83.